The van der Waals surface area contributed by atoms with Crippen molar-refractivity contribution >= 4 is 39.1 Å². The van der Waals surface area contributed by atoms with Gasteiger partial charge in [0.1, 0.15) is 15.8 Å². The summed E-state index contributed by atoms with van der Waals surface area (Å²) in [4.78, 5) is 37.2. The Kier molecular flexibility index (Phi) is 4.56. The number of rotatable bonds is 5. The van der Waals surface area contributed by atoms with Crippen molar-refractivity contribution in [2.24, 2.45) is 0 Å². The van der Waals surface area contributed by atoms with Crippen molar-refractivity contribution in [1.82, 2.24) is 10.1 Å². The molecule has 0 radical (unpaired) electrons. The van der Waals surface area contributed by atoms with Gasteiger partial charge in [0.05, 0.1) is 23.9 Å². The lowest BCUT2D eigenvalue weighted by atomic mass is 9.90. The van der Waals surface area contributed by atoms with Crippen LogP contribution < -0.4 is 0 Å². The van der Waals surface area contributed by atoms with E-state index in [2.05, 4.69) is 5.16 Å². The molecule has 4 rings (SSSR count). The maximum Gasteiger partial charge on any atom is 0.305 e. The second-order valence-electron chi connectivity index (χ2n) is 7.43. The van der Waals surface area contributed by atoms with Gasteiger partial charge in [0, 0.05) is 11.6 Å². The van der Waals surface area contributed by atoms with Gasteiger partial charge < -0.3 is 24.7 Å². The summed E-state index contributed by atoms with van der Waals surface area (Å²) < 4.78 is 29.4. The second-order valence-corrected chi connectivity index (χ2v) is 10.3. The Balaban J connectivity index is 1.78. The lowest BCUT2D eigenvalue weighted by Crippen LogP contribution is -2.54. The number of carboxylic acids is 1. The molecule has 0 unspecified atom stereocenters. The summed E-state index contributed by atoms with van der Waals surface area (Å²) in [6, 6.07) is 1.98. The van der Waals surface area contributed by atoms with E-state index in [9.17, 15) is 38.1 Å². The topological polar surface area (TPSA) is 175 Å². The minimum atomic E-state index is -4.10. The van der Waals surface area contributed by atoms with E-state index in [-0.39, 0.29) is 17.7 Å². The molecule has 2 saturated heterocycles. The normalized spacial score (nSPS) is 26.4. The Labute approximate surface area is 179 Å². The van der Waals surface area contributed by atoms with Crippen molar-refractivity contribution < 1.29 is 42.6 Å². The number of β-lactam (4-membered cyclic amide) rings is 1. The molecule has 31 heavy (non-hydrogen) atoms. The van der Waals surface area contributed by atoms with Crippen LogP contribution in [0.25, 0.3) is 0 Å². The summed E-state index contributed by atoms with van der Waals surface area (Å²) in [7, 11) is -4.10. The first-order valence-corrected chi connectivity index (χ1v) is 10.8. The summed E-state index contributed by atoms with van der Waals surface area (Å²) in [6.07, 6.45) is -0.911. The number of benzene rings is 1. The van der Waals surface area contributed by atoms with Crippen LogP contribution in [0.4, 0.5) is 0 Å². The third-order valence-corrected chi connectivity index (χ3v) is 8.97. The van der Waals surface area contributed by atoms with E-state index in [4.69, 9.17) is 16.1 Å². The maximum atomic E-state index is 13.2. The van der Waals surface area contributed by atoms with Crippen molar-refractivity contribution in [2.75, 3.05) is 0 Å². The summed E-state index contributed by atoms with van der Waals surface area (Å²) in [5.74, 6) is -4.34. The van der Waals surface area contributed by atoms with Gasteiger partial charge in [-0.15, -0.1) is 0 Å². The Morgan fingerprint density at radius 3 is 2.65 bits per heavy atom. The highest BCUT2D eigenvalue weighted by atomic mass is 35.5. The van der Waals surface area contributed by atoms with Gasteiger partial charge in [-0.05, 0) is 19.1 Å². The maximum absolute atomic E-state index is 13.2. The highest BCUT2D eigenvalue weighted by molar-refractivity contribution is 7.93. The molecule has 3 heterocycles. The van der Waals surface area contributed by atoms with E-state index in [0.29, 0.717) is 0 Å². The predicted octanol–water partition coefficient (Wildman–Crippen LogP) is 1.02. The zero-order chi connectivity index (χ0) is 22.9. The highest BCUT2D eigenvalue weighted by Crippen LogP contribution is 2.52. The van der Waals surface area contributed by atoms with Gasteiger partial charge in [-0.3, -0.25) is 14.4 Å². The van der Waals surface area contributed by atoms with Gasteiger partial charge in [0.15, 0.2) is 21.3 Å². The minimum absolute atomic E-state index is 0.233. The van der Waals surface area contributed by atoms with Crippen molar-refractivity contribution in [1.29, 1.82) is 0 Å². The van der Waals surface area contributed by atoms with Gasteiger partial charge in [-0.2, -0.15) is 0 Å². The van der Waals surface area contributed by atoms with Gasteiger partial charge >= 0.3 is 5.97 Å². The molecule has 0 bridgehead atoms. The molecule has 2 fully saturated rings. The molecule has 0 spiro atoms. The van der Waals surface area contributed by atoms with Crippen molar-refractivity contribution in [2.45, 2.75) is 35.9 Å². The number of carbonyl (C=O) groups excluding carboxylic acids is 2. The van der Waals surface area contributed by atoms with Gasteiger partial charge in [-0.1, -0.05) is 16.8 Å². The number of amides is 1. The van der Waals surface area contributed by atoms with Crippen molar-refractivity contribution in [3.63, 3.8) is 0 Å². The number of nitrogens with zero attached hydrogens (tertiary/aromatic N) is 2. The summed E-state index contributed by atoms with van der Waals surface area (Å²) >= 11 is 5.89. The van der Waals surface area contributed by atoms with Crippen LogP contribution in [0.5, 0.6) is 11.5 Å². The molecule has 164 valence electrons. The summed E-state index contributed by atoms with van der Waals surface area (Å²) in [5, 5.41) is 30.5. The number of aromatic nitrogens is 1. The van der Waals surface area contributed by atoms with E-state index in [1.54, 1.807) is 0 Å². The highest BCUT2D eigenvalue weighted by Gasteiger charge is 2.69. The number of carboxylic acid groups (broad SMARTS) is 1. The van der Waals surface area contributed by atoms with Crippen LogP contribution in [-0.2, 0) is 24.2 Å². The molecule has 1 amide bonds. The standard InChI is InChI=1S/C18H15ClN2O9S/c1-18(11(5-14(24)25)21-12(23)6-13(21)31(18,28)29)10-4-9(30-20-10)16(26)7-2-3-8(22)17(27)15(7)19/h2-4,11,13,22,27H,5-6H2,1H3,(H,24,25)/t11-,13+,18-/m0/s1. The largest absolute Gasteiger partial charge is 0.504 e. The zero-order valence-corrected chi connectivity index (χ0v) is 17.3. The Bertz CT molecular complexity index is 1250. The van der Waals surface area contributed by atoms with Crippen LogP contribution in [0.2, 0.25) is 5.02 Å². The number of sulfone groups is 1. The lowest BCUT2D eigenvalue weighted by molar-refractivity contribution is -0.148. The molecule has 2 aromatic rings. The number of fused-ring (bicyclic) bond motifs is 1. The fraction of sp³-hybridized carbons (Fsp3) is 0.333. The molecule has 2 aliphatic rings. The first-order valence-electron chi connectivity index (χ1n) is 8.90. The van der Waals surface area contributed by atoms with Gasteiger partial charge in [0.25, 0.3) is 0 Å². The summed E-state index contributed by atoms with van der Waals surface area (Å²) in [6.45, 7) is 1.24. The molecule has 0 saturated carbocycles. The van der Waals surface area contributed by atoms with Crippen LogP contribution >= 0.6 is 11.6 Å². The number of phenols is 2. The Morgan fingerprint density at radius 2 is 2.03 bits per heavy atom. The minimum Gasteiger partial charge on any atom is -0.504 e. The van der Waals surface area contributed by atoms with Gasteiger partial charge in [0.2, 0.25) is 17.5 Å². The number of hydrogen-bond donors (Lipinski definition) is 3. The van der Waals surface area contributed by atoms with Gasteiger partial charge in [-0.25, -0.2) is 8.42 Å². The second kappa shape index (κ2) is 6.69. The molecule has 3 N–H and O–H groups in total. The number of phenolic OH excluding ortho intramolecular Hbond substituents is 2. The van der Waals surface area contributed by atoms with Crippen LogP contribution in [0.1, 0.15) is 41.6 Å². The number of halogens is 1. The lowest BCUT2D eigenvalue weighted by Gasteiger charge is -2.37. The van der Waals surface area contributed by atoms with Crippen LogP contribution in [0.3, 0.4) is 0 Å². The SMILES string of the molecule is C[C@]1(c2cc(C(=O)c3ccc(O)c(O)c3Cl)on2)[C@H](CC(=O)O)N2C(=O)C[C@H]2S1(=O)=O. The fourth-order valence-electron chi connectivity index (χ4n) is 4.03. The molecular formula is C18H15ClN2O9S. The van der Waals surface area contributed by atoms with Crippen LogP contribution in [-0.4, -0.2) is 62.9 Å². The van der Waals surface area contributed by atoms with Crippen molar-refractivity contribution in [3.05, 3.63) is 40.2 Å². The molecule has 0 aliphatic carbocycles. The van der Waals surface area contributed by atoms with Crippen LogP contribution in [0.15, 0.2) is 22.7 Å². The van der Waals surface area contributed by atoms with E-state index in [1.807, 2.05) is 0 Å². The molecule has 1 aromatic carbocycles. The number of carbonyl (C=O) groups is 3. The summed E-state index contributed by atoms with van der Waals surface area (Å²) in [5.41, 5.74) is -0.469. The molecule has 1 aromatic heterocycles. The van der Waals surface area contributed by atoms with Crippen LogP contribution in [0, 0.1) is 0 Å². The molecule has 3 atom stereocenters. The number of aromatic hydroxyl groups is 2. The molecular weight excluding hydrogens is 456 g/mol. The van der Waals surface area contributed by atoms with E-state index in [1.165, 1.54) is 6.92 Å². The van der Waals surface area contributed by atoms with E-state index >= 15 is 0 Å². The first kappa shape index (κ1) is 21.1. The predicted molar refractivity (Wildman–Crippen MR) is 102 cm³/mol. The number of hydrogen-bond acceptors (Lipinski definition) is 9. The quantitative estimate of drug-likeness (QED) is 0.325. The third-order valence-electron chi connectivity index (χ3n) is 5.82. The van der Waals surface area contributed by atoms with E-state index in [0.717, 1.165) is 23.1 Å². The smallest absolute Gasteiger partial charge is 0.305 e. The zero-order valence-electron chi connectivity index (χ0n) is 15.8. The monoisotopic (exact) mass is 470 g/mol. The Hall–Kier alpha value is -3.12. The first-order chi connectivity index (χ1) is 14.4. The van der Waals surface area contributed by atoms with E-state index < -0.39 is 72.4 Å². The molecule has 2 aliphatic heterocycles. The number of aliphatic carboxylic acids is 1. The average Bonchev–Trinajstić information content (AvgIpc) is 3.22. The Morgan fingerprint density at radius 1 is 1.35 bits per heavy atom. The molecule has 13 heteroatoms. The average molecular weight is 471 g/mol. The van der Waals surface area contributed by atoms with Crippen molar-refractivity contribution in [3.8, 4) is 11.5 Å². The fourth-order valence-corrected chi connectivity index (χ4v) is 6.73. The number of ketones is 1. The third kappa shape index (κ3) is 2.74. The molecule has 11 nitrogen and oxygen atoms in total.